The van der Waals surface area contributed by atoms with Crippen LogP contribution in [0, 0.1) is 99.1 Å². The molecule has 15 unspecified atom stereocenters. The zero-order valence-electron chi connectivity index (χ0n) is 27.2. The monoisotopic (exact) mass is 511 g/mol. The molecule has 5 saturated carbocycles. The summed E-state index contributed by atoms with van der Waals surface area (Å²) in [7, 11) is 0. The molecule has 0 nitrogen and oxygen atoms in total. The van der Waals surface area contributed by atoms with Crippen LogP contribution in [0.1, 0.15) is 134 Å². The molecule has 0 aromatic rings. The van der Waals surface area contributed by atoms with Gasteiger partial charge in [-0.1, -0.05) is 122 Å². The van der Waals surface area contributed by atoms with Crippen molar-refractivity contribution in [3.63, 3.8) is 0 Å². The Labute approximate surface area is 233 Å². The highest BCUT2D eigenvalue weighted by atomic mass is 14.8. The molecule has 15 atom stereocenters. The van der Waals surface area contributed by atoms with Crippen molar-refractivity contribution in [1.82, 2.24) is 0 Å². The third-order valence-corrected chi connectivity index (χ3v) is 16.6. The fraction of sp³-hybridized carbons (Fsp3) is 1.00. The molecular formula is C37H66. The molecule has 37 heavy (non-hydrogen) atoms. The molecule has 0 aliphatic heterocycles. The van der Waals surface area contributed by atoms with Gasteiger partial charge in [0, 0.05) is 0 Å². The van der Waals surface area contributed by atoms with Crippen LogP contribution in [0.5, 0.6) is 0 Å². The minimum atomic E-state index is 0.430. The van der Waals surface area contributed by atoms with E-state index >= 15 is 0 Å². The van der Waals surface area contributed by atoms with Crippen LogP contribution in [0.4, 0.5) is 0 Å². The molecule has 0 heterocycles. The highest BCUT2D eigenvalue weighted by Crippen LogP contribution is 2.78. The Bertz CT molecular complexity index is 820. The molecule has 0 radical (unpaired) electrons. The maximum absolute atomic E-state index is 2.85. The van der Waals surface area contributed by atoms with Crippen molar-refractivity contribution in [1.29, 1.82) is 0 Å². The zero-order chi connectivity index (χ0) is 27.2. The summed E-state index contributed by atoms with van der Waals surface area (Å²) in [6, 6.07) is 0. The normalized spacial score (nSPS) is 58.9. The summed E-state index contributed by atoms with van der Waals surface area (Å²) in [6.45, 7) is 32.6. The summed E-state index contributed by atoms with van der Waals surface area (Å²) < 4.78 is 0. The van der Waals surface area contributed by atoms with Crippen molar-refractivity contribution in [3.8, 4) is 0 Å². The van der Waals surface area contributed by atoms with Crippen LogP contribution in [0.25, 0.3) is 0 Å². The van der Waals surface area contributed by atoms with E-state index in [2.05, 4.69) is 83.1 Å². The van der Waals surface area contributed by atoms with Crippen molar-refractivity contribution in [2.45, 2.75) is 134 Å². The molecule has 0 heteroatoms. The predicted octanol–water partition coefficient (Wildman–Crippen LogP) is 11.0. The summed E-state index contributed by atoms with van der Waals surface area (Å²) in [4.78, 5) is 0. The van der Waals surface area contributed by atoms with E-state index in [0.717, 1.165) is 82.9 Å². The van der Waals surface area contributed by atoms with E-state index in [4.69, 9.17) is 0 Å². The van der Waals surface area contributed by atoms with E-state index < -0.39 is 0 Å². The molecule has 0 spiro atoms. The van der Waals surface area contributed by atoms with Gasteiger partial charge in [-0.05, 0) is 112 Å². The second kappa shape index (κ2) is 9.54. The largest absolute Gasteiger partial charge is 0.0625 e. The maximum Gasteiger partial charge on any atom is -0.0212 e. The van der Waals surface area contributed by atoms with E-state index in [1.54, 1.807) is 0 Å². The van der Waals surface area contributed by atoms with E-state index in [9.17, 15) is 0 Å². The first-order valence-corrected chi connectivity index (χ1v) is 17.2. The van der Waals surface area contributed by atoms with Gasteiger partial charge in [0.25, 0.3) is 0 Å². The molecule has 5 aliphatic carbocycles. The molecule has 214 valence electrons. The average Bonchev–Trinajstić information content (AvgIpc) is 2.84. The zero-order valence-corrected chi connectivity index (χ0v) is 27.2. The molecule has 0 amide bonds. The first-order valence-electron chi connectivity index (χ1n) is 17.2. The van der Waals surface area contributed by atoms with Gasteiger partial charge in [-0.15, -0.1) is 0 Å². The predicted molar refractivity (Wildman–Crippen MR) is 161 cm³/mol. The van der Waals surface area contributed by atoms with Crippen LogP contribution in [-0.2, 0) is 0 Å². The summed E-state index contributed by atoms with van der Waals surface area (Å²) >= 11 is 0. The van der Waals surface area contributed by atoms with Gasteiger partial charge in [-0.25, -0.2) is 0 Å². The van der Waals surface area contributed by atoms with Crippen molar-refractivity contribution in [2.75, 3.05) is 0 Å². The topological polar surface area (TPSA) is 0 Å². The lowest BCUT2D eigenvalue weighted by molar-refractivity contribution is -0.295. The smallest absolute Gasteiger partial charge is 0.0212 e. The Morgan fingerprint density at radius 2 is 1.27 bits per heavy atom. The number of fused-ring (bicyclic) bond motifs is 3. The van der Waals surface area contributed by atoms with E-state index in [1.807, 2.05) is 0 Å². The van der Waals surface area contributed by atoms with E-state index in [0.29, 0.717) is 16.2 Å². The first-order chi connectivity index (χ1) is 17.2. The lowest BCUT2D eigenvalue weighted by atomic mass is 9.27. The highest BCUT2D eigenvalue weighted by Gasteiger charge is 2.73. The molecular weight excluding hydrogens is 444 g/mol. The average molecular weight is 511 g/mol. The van der Waals surface area contributed by atoms with Gasteiger partial charge >= 0.3 is 0 Å². The molecule has 5 aliphatic rings. The standard InChI is InChI=1S/C37H66/c1-21(2)31-23(4)20-35(10)28(9)36(11)25(6)33-30(29-16-14-13-15-17-29)19-18-22(3)32(33)24(5)34(36)27(8)37(35,12)26(31)7/h21-34H,13-20H2,1-12H3. The van der Waals surface area contributed by atoms with Gasteiger partial charge in [0.1, 0.15) is 0 Å². The van der Waals surface area contributed by atoms with Gasteiger partial charge < -0.3 is 0 Å². The second-order valence-corrected chi connectivity index (χ2v) is 17.3. The molecule has 5 rings (SSSR count). The van der Waals surface area contributed by atoms with Crippen LogP contribution in [-0.4, -0.2) is 0 Å². The number of rotatable bonds is 2. The molecule has 0 bridgehead atoms. The molecule has 0 N–H and O–H groups in total. The Morgan fingerprint density at radius 3 is 1.86 bits per heavy atom. The summed E-state index contributed by atoms with van der Waals surface area (Å²) in [5.41, 5.74) is 1.32. The second-order valence-electron chi connectivity index (χ2n) is 17.3. The molecule has 5 fully saturated rings. The van der Waals surface area contributed by atoms with Crippen LogP contribution >= 0.6 is 0 Å². The van der Waals surface area contributed by atoms with Crippen LogP contribution in [0.3, 0.4) is 0 Å². The molecule has 0 aromatic heterocycles. The van der Waals surface area contributed by atoms with Crippen molar-refractivity contribution in [3.05, 3.63) is 0 Å². The van der Waals surface area contributed by atoms with Gasteiger partial charge in [-0.2, -0.15) is 0 Å². The minimum absolute atomic E-state index is 0.430. The quantitative estimate of drug-likeness (QED) is 0.346. The van der Waals surface area contributed by atoms with Crippen LogP contribution in [0.15, 0.2) is 0 Å². The third-order valence-electron chi connectivity index (χ3n) is 16.6. The first kappa shape index (κ1) is 28.5. The van der Waals surface area contributed by atoms with Gasteiger partial charge in [0.2, 0.25) is 0 Å². The lowest BCUT2D eigenvalue weighted by Gasteiger charge is -2.77. The van der Waals surface area contributed by atoms with Crippen molar-refractivity contribution < 1.29 is 0 Å². The van der Waals surface area contributed by atoms with Gasteiger partial charge in [0.05, 0.1) is 0 Å². The number of hydrogen-bond acceptors (Lipinski definition) is 0. The molecule has 0 saturated heterocycles. The van der Waals surface area contributed by atoms with Crippen LogP contribution in [0.2, 0.25) is 0 Å². The SMILES string of the molecule is CC(C)C1C(C)CC2(C)C(C)C3(C)C(C)C4C(C5CCCCC5)CCC(C)C4C(C)C3C(C)C2(C)C1C. The van der Waals surface area contributed by atoms with Gasteiger partial charge in [0.15, 0.2) is 0 Å². The Balaban J connectivity index is 1.61. The van der Waals surface area contributed by atoms with E-state index in [1.165, 1.54) is 51.4 Å². The Morgan fingerprint density at radius 1 is 0.649 bits per heavy atom. The fourth-order valence-corrected chi connectivity index (χ4v) is 14.7. The number of hydrogen-bond donors (Lipinski definition) is 0. The third kappa shape index (κ3) is 3.63. The summed E-state index contributed by atoms with van der Waals surface area (Å²) in [5, 5.41) is 0. The summed E-state index contributed by atoms with van der Waals surface area (Å²) in [5.74, 6) is 12.4. The fourth-order valence-electron chi connectivity index (χ4n) is 14.7. The Hall–Kier alpha value is 0. The lowest BCUT2D eigenvalue weighted by Crippen LogP contribution is -2.72. The van der Waals surface area contributed by atoms with Crippen molar-refractivity contribution in [2.24, 2.45) is 99.1 Å². The maximum atomic E-state index is 2.85. The van der Waals surface area contributed by atoms with Crippen LogP contribution < -0.4 is 0 Å². The molecule has 0 aromatic carbocycles. The highest BCUT2D eigenvalue weighted by molar-refractivity contribution is 5.20. The van der Waals surface area contributed by atoms with Gasteiger partial charge in [-0.3, -0.25) is 0 Å². The Kier molecular flexibility index (Phi) is 7.35. The summed E-state index contributed by atoms with van der Waals surface area (Å²) in [6.07, 6.45) is 12.1. The van der Waals surface area contributed by atoms with Crippen molar-refractivity contribution >= 4 is 0 Å². The minimum Gasteiger partial charge on any atom is -0.0625 e. The van der Waals surface area contributed by atoms with E-state index in [-0.39, 0.29) is 0 Å².